The minimum Gasteiger partial charge on any atom is -0.478 e. The number of carboxylic acid groups (broad SMARTS) is 1. The molecule has 0 unspecified atom stereocenters. The van der Waals surface area contributed by atoms with E-state index in [1.54, 1.807) is 4.90 Å². The third-order valence-corrected chi connectivity index (χ3v) is 3.38. The van der Waals surface area contributed by atoms with Crippen molar-refractivity contribution in [3.05, 3.63) is 40.4 Å². The Kier molecular flexibility index (Phi) is 4.29. The number of aromatic carboxylic acids is 1. The number of carbonyl (C=O) groups is 2. The van der Waals surface area contributed by atoms with Crippen molar-refractivity contribution in [3.63, 3.8) is 0 Å². The highest BCUT2D eigenvalue weighted by Gasteiger charge is 2.17. The van der Waals surface area contributed by atoms with E-state index in [0.29, 0.717) is 18.8 Å². The standard InChI is InChI=1S/C14H15ClN2O3/c1-9-3-2-6-17(8-9)14(20)16-10-4-5-11(13(18)19)12(15)7-10/h3-5,7H,2,6,8H2,1H3,(H,16,20)(H,18,19). The smallest absolute Gasteiger partial charge is 0.337 e. The van der Waals surface area contributed by atoms with Gasteiger partial charge in [-0.3, -0.25) is 0 Å². The van der Waals surface area contributed by atoms with E-state index < -0.39 is 5.97 Å². The van der Waals surface area contributed by atoms with Gasteiger partial charge in [0.15, 0.2) is 0 Å². The number of carboxylic acids is 1. The van der Waals surface area contributed by atoms with Crippen molar-refractivity contribution in [2.75, 3.05) is 18.4 Å². The lowest BCUT2D eigenvalue weighted by Crippen LogP contribution is -2.38. The minimum absolute atomic E-state index is 0.0152. The number of anilines is 1. The van der Waals surface area contributed by atoms with Crippen LogP contribution < -0.4 is 5.32 Å². The van der Waals surface area contributed by atoms with Gasteiger partial charge in [0.05, 0.1) is 10.6 Å². The Balaban J connectivity index is 2.07. The third-order valence-electron chi connectivity index (χ3n) is 3.07. The first-order valence-electron chi connectivity index (χ1n) is 6.22. The van der Waals surface area contributed by atoms with E-state index in [2.05, 4.69) is 11.4 Å². The molecule has 0 atom stereocenters. The maximum absolute atomic E-state index is 12.1. The van der Waals surface area contributed by atoms with Crippen molar-refractivity contribution in [1.29, 1.82) is 0 Å². The van der Waals surface area contributed by atoms with Crippen LogP contribution in [0.4, 0.5) is 10.5 Å². The Morgan fingerprint density at radius 3 is 2.75 bits per heavy atom. The van der Waals surface area contributed by atoms with E-state index in [9.17, 15) is 9.59 Å². The SMILES string of the molecule is CC1=CCCN(C(=O)Nc2ccc(C(=O)O)c(Cl)c2)C1. The summed E-state index contributed by atoms with van der Waals surface area (Å²) in [5.41, 5.74) is 1.66. The van der Waals surface area contributed by atoms with E-state index >= 15 is 0 Å². The van der Waals surface area contributed by atoms with Gasteiger partial charge in [-0.1, -0.05) is 23.3 Å². The first-order valence-corrected chi connectivity index (χ1v) is 6.59. The molecular formula is C14H15ClN2O3. The van der Waals surface area contributed by atoms with Crippen LogP contribution in [0.5, 0.6) is 0 Å². The van der Waals surface area contributed by atoms with Crippen LogP contribution in [0.2, 0.25) is 5.02 Å². The van der Waals surface area contributed by atoms with E-state index in [4.69, 9.17) is 16.7 Å². The maximum atomic E-state index is 12.1. The molecule has 2 rings (SSSR count). The Bertz CT molecular complexity index is 584. The fourth-order valence-corrected chi connectivity index (χ4v) is 2.32. The third kappa shape index (κ3) is 3.30. The summed E-state index contributed by atoms with van der Waals surface area (Å²) in [6.07, 6.45) is 2.96. The van der Waals surface area contributed by atoms with Gasteiger partial charge in [0.2, 0.25) is 0 Å². The number of nitrogens with zero attached hydrogens (tertiary/aromatic N) is 1. The Morgan fingerprint density at radius 1 is 1.40 bits per heavy atom. The van der Waals surface area contributed by atoms with Gasteiger partial charge in [0, 0.05) is 18.8 Å². The van der Waals surface area contributed by atoms with Crippen molar-refractivity contribution in [3.8, 4) is 0 Å². The first-order chi connectivity index (χ1) is 9.47. The van der Waals surface area contributed by atoms with Gasteiger partial charge < -0.3 is 15.3 Å². The molecule has 1 aliphatic rings. The van der Waals surface area contributed by atoms with Gasteiger partial charge in [-0.25, -0.2) is 9.59 Å². The van der Waals surface area contributed by atoms with Gasteiger partial charge in [-0.2, -0.15) is 0 Å². The number of urea groups is 1. The zero-order valence-electron chi connectivity index (χ0n) is 11.0. The summed E-state index contributed by atoms with van der Waals surface area (Å²) in [6, 6.07) is 4.13. The molecule has 1 heterocycles. The summed E-state index contributed by atoms with van der Waals surface area (Å²) < 4.78 is 0. The normalized spacial score (nSPS) is 14.7. The Morgan fingerprint density at radius 2 is 2.15 bits per heavy atom. The Hall–Kier alpha value is -2.01. The molecule has 0 radical (unpaired) electrons. The van der Waals surface area contributed by atoms with Crippen molar-refractivity contribution in [2.45, 2.75) is 13.3 Å². The second kappa shape index (κ2) is 5.96. The number of nitrogens with one attached hydrogen (secondary N) is 1. The van der Waals surface area contributed by atoms with Crippen LogP contribution in [-0.2, 0) is 0 Å². The van der Waals surface area contributed by atoms with Crippen LogP contribution in [-0.4, -0.2) is 35.1 Å². The van der Waals surface area contributed by atoms with Crippen LogP contribution in [0, 0.1) is 0 Å². The molecule has 0 aromatic heterocycles. The van der Waals surface area contributed by atoms with Gasteiger partial charge >= 0.3 is 12.0 Å². The number of amides is 2. The molecule has 0 saturated heterocycles. The van der Waals surface area contributed by atoms with Crippen LogP contribution in [0.3, 0.4) is 0 Å². The van der Waals surface area contributed by atoms with E-state index in [1.807, 2.05) is 6.92 Å². The number of hydrogen-bond acceptors (Lipinski definition) is 2. The van der Waals surface area contributed by atoms with Gasteiger partial charge in [0.25, 0.3) is 0 Å². The van der Waals surface area contributed by atoms with E-state index in [0.717, 1.165) is 12.0 Å². The predicted octanol–water partition coefficient (Wildman–Crippen LogP) is 3.22. The molecule has 0 aliphatic carbocycles. The zero-order valence-corrected chi connectivity index (χ0v) is 11.8. The molecule has 0 spiro atoms. The molecule has 20 heavy (non-hydrogen) atoms. The number of rotatable bonds is 2. The molecular weight excluding hydrogens is 280 g/mol. The van der Waals surface area contributed by atoms with Crippen LogP contribution >= 0.6 is 11.6 Å². The number of hydrogen-bond donors (Lipinski definition) is 2. The largest absolute Gasteiger partial charge is 0.478 e. The lowest BCUT2D eigenvalue weighted by atomic mass is 10.1. The lowest BCUT2D eigenvalue weighted by Gasteiger charge is -2.26. The number of benzene rings is 1. The van der Waals surface area contributed by atoms with Crippen LogP contribution in [0.25, 0.3) is 0 Å². The van der Waals surface area contributed by atoms with E-state index in [-0.39, 0.29) is 16.6 Å². The molecule has 5 nitrogen and oxygen atoms in total. The molecule has 2 N–H and O–H groups in total. The summed E-state index contributed by atoms with van der Waals surface area (Å²) in [5.74, 6) is -1.09. The van der Waals surface area contributed by atoms with Crippen molar-refractivity contribution in [1.82, 2.24) is 4.90 Å². The highest BCUT2D eigenvalue weighted by Crippen LogP contribution is 2.21. The predicted molar refractivity (Wildman–Crippen MR) is 77.4 cm³/mol. The molecule has 0 bridgehead atoms. The zero-order chi connectivity index (χ0) is 14.7. The molecule has 1 aromatic carbocycles. The monoisotopic (exact) mass is 294 g/mol. The molecule has 106 valence electrons. The molecule has 1 aromatic rings. The number of halogens is 1. The molecule has 2 amide bonds. The average molecular weight is 295 g/mol. The molecule has 1 aliphatic heterocycles. The van der Waals surface area contributed by atoms with Gasteiger partial charge in [-0.05, 0) is 31.5 Å². The summed E-state index contributed by atoms with van der Waals surface area (Å²) in [5, 5.41) is 11.7. The maximum Gasteiger partial charge on any atom is 0.337 e. The highest BCUT2D eigenvalue weighted by molar-refractivity contribution is 6.33. The quantitative estimate of drug-likeness (QED) is 0.823. The fraction of sp³-hybridized carbons (Fsp3) is 0.286. The molecule has 6 heteroatoms. The highest BCUT2D eigenvalue weighted by atomic mass is 35.5. The summed E-state index contributed by atoms with van der Waals surface area (Å²) >= 11 is 5.86. The molecule has 0 saturated carbocycles. The Labute approximate surface area is 121 Å². The van der Waals surface area contributed by atoms with Crippen LogP contribution in [0.1, 0.15) is 23.7 Å². The van der Waals surface area contributed by atoms with Gasteiger partial charge in [0.1, 0.15) is 0 Å². The summed E-state index contributed by atoms with van der Waals surface area (Å²) in [7, 11) is 0. The van der Waals surface area contributed by atoms with Gasteiger partial charge in [-0.15, -0.1) is 0 Å². The van der Waals surface area contributed by atoms with Crippen molar-refractivity contribution >= 4 is 29.3 Å². The topological polar surface area (TPSA) is 69.6 Å². The van der Waals surface area contributed by atoms with E-state index in [1.165, 1.54) is 18.2 Å². The fourth-order valence-electron chi connectivity index (χ4n) is 2.05. The van der Waals surface area contributed by atoms with Crippen molar-refractivity contribution in [2.24, 2.45) is 0 Å². The number of carbonyl (C=O) groups excluding carboxylic acids is 1. The second-order valence-electron chi connectivity index (χ2n) is 4.69. The summed E-state index contributed by atoms with van der Waals surface area (Å²) in [6.45, 7) is 3.26. The van der Waals surface area contributed by atoms with Crippen LogP contribution in [0.15, 0.2) is 29.8 Å². The average Bonchev–Trinajstić information content (AvgIpc) is 2.38. The summed E-state index contributed by atoms with van der Waals surface area (Å²) in [4.78, 5) is 24.6. The van der Waals surface area contributed by atoms with Crippen molar-refractivity contribution < 1.29 is 14.7 Å². The lowest BCUT2D eigenvalue weighted by molar-refractivity contribution is 0.0697. The first kappa shape index (κ1) is 14.4. The minimum atomic E-state index is -1.09. The second-order valence-corrected chi connectivity index (χ2v) is 5.10. The molecule has 0 fully saturated rings.